The van der Waals surface area contributed by atoms with Crippen LogP contribution >= 0.6 is 0 Å². The average molecular weight is 271 g/mol. The molecule has 1 saturated heterocycles. The minimum Gasteiger partial charge on any atom is -0.430 e. The zero-order valence-corrected chi connectivity index (χ0v) is 12.5. The van der Waals surface area contributed by atoms with Gasteiger partial charge in [-0.25, -0.2) is 4.79 Å². The maximum atomic E-state index is 11.5. The molecule has 0 aromatic carbocycles. The van der Waals surface area contributed by atoms with E-state index in [4.69, 9.17) is 9.57 Å². The SMILES string of the molecule is CCCCCCCCC(C)OC(=O)ON1CCCC1. The monoisotopic (exact) mass is 271 g/mol. The van der Waals surface area contributed by atoms with E-state index in [1.165, 1.54) is 32.1 Å². The Balaban J connectivity index is 1.96. The van der Waals surface area contributed by atoms with Gasteiger partial charge < -0.3 is 9.57 Å². The van der Waals surface area contributed by atoms with Gasteiger partial charge in [0.15, 0.2) is 0 Å². The molecule has 1 unspecified atom stereocenters. The van der Waals surface area contributed by atoms with E-state index in [1.54, 1.807) is 5.06 Å². The Kier molecular flexibility index (Phi) is 8.63. The van der Waals surface area contributed by atoms with Gasteiger partial charge in [-0.15, -0.1) is 5.06 Å². The first-order chi connectivity index (χ1) is 9.22. The van der Waals surface area contributed by atoms with Crippen LogP contribution in [0.15, 0.2) is 0 Å². The lowest BCUT2D eigenvalue weighted by molar-refractivity contribution is -0.120. The van der Waals surface area contributed by atoms with Crippen LogP contribution in [0.3, 0.4) is 0 Å². The lowest BCUT2D eigenvalue weighted by Gasteiger charge is -2.17. The van der Waals surface area contributed by atoms with Gasteiger partial charge in [-0.2, -0.15) is 0 Å². The number of unbranched alkanes of at least 4 members (excludes halogenated alkanes) is 5. The molecule has 19 heavy (non-hydrogen) atoms. The summed E-state index contributed by atoms with van der Waals surface area (Å²) in [7, 11) is 0. The van der Waals surface area contributed by atoms with Crippen molar-refractivity contribution in [3.63, 3.8) is 0 Å². The van der Waals surface area contributed by atoms with Crippen molar-refractivity contribution in [2.45, 2.75) is 77.7 Å². The second-order valence-electron chi connectivity index (χ2n) is 5.46. The van der Waals surface area contributed by atoms with Crippen molar-refractivity contribution in [2.75, 3.05) is 13.1 Å². The molecule has 1 rings (SSSR count). The molecule has 1 atom stereocenters. The normalized spacial score (nSPS) is 17.4. The maximum Gasteiger partial charge on any atom is 0.528 e. The summed E-state index contributed by atoms with van der Waals surface area (Å²) in [5.41, 5.74) is 0. The molecule has 4 heteroatoms. The zero-order chi connectivity index (χ0) is 13.9. The molecular weight excluding hydrogens is 242 g/mol. The molecule has 0 aromatic rings. The molecule has 0 bridgehead atoms. The molecule has 4 nitrogen and oxygen atoms in total. The molecule has 1 aliphatic heterocycles. The van der Waals surface area contributed by atoms with Gasteiger partial charge >= 0.3 is 6.16 Å². The lowest BCUT2D eigenvalue weighted by atomic mass is 10.1. The van der Waals surface area contributed by atoms with E-state index in [9.17, 15) is 4.79 Å². The highest BCUT2D eigenvalue weighted by Crippen LogP contribution is 2.12. The largest absolute Gasteiger partial charge is 0.528 e. The van der Waals surface area contributed by atoms with Crippen LogP contribution in [0.25, 0.3) is 0 Å². The number of carbonyl (C=O) groups is 1. The van der Waals surface area contributed by atoms with Crippen LogP contribution in [0.2, 0.25) is 0 Å². The predicted octanol–water partition coefficient (Wildman–Crippen LogP) is 4.29. The molecule has 112 valence electrons. The Morgan fingerprint density at radius 2 is 1.74 bits per heavy atom. The van der Waals surface area contributed by atoms with Crippen LogP contribution in [0.4, 0.5) is 4.79 Å². The Bertz CT molecular complexity index is 240. The summed E-state index contributed by atoms with van der Waals surface area (Å²) in [6, 6.07) is 0. The second-order valence-corrected chi connectivity index (χ2v) is 5.46. The number of hydroxylamine groups is 2. The summed E-state index contributed by atoms with van der Waals surface area (Å²) in [6.07, 6.45) is 10.1. The average Bonchev–Trinajstić information content (AvgIpc) is 2.86. The van der Waals surface area contributed by atoms with Crippen molar-refractivity contribution in [3.05, 3.63) is 0 Å². The number of nitrogens with zero attached hydrogens (tertiary/aromatic N) is 1. The molecule has 0 spiro atoms. The van der Waals surface area contributed by atoms with Crippen LogP contribution in [-0.4, -0.2) is 30.4 Å². The van der Waals surface area contributed by atoms with Crippen molar-refractivity contribution in [1.82, 2.24) is 5.06 Å². The molecule has 1 fully saturated rings. The summed E-state index contributed by atoms with van der Waals surface area (Å²) < 4.78 is 5.24. The highest BCUT2D eigenvalue weighted by atomic mass is 16.8. The molecule has 0 aromatic heterocycles. The number of hydrogen-bond donors (Lipinski definition) is 0. The number of carbonyl (C=O) groups excluding carboxylic acids is 1. The summed E-state index contributed by atoms with van der Waals surface area (Å²) in [5, 5.41) is 1.69. The molecule has 0 saturated carbocycles. The molecule has 0 amide bonds. The minimum absolute atomic E-state index is 0.0405. The molecule has 0 radical (unpaired) electrons. The van der Waals surface area contributed by atoms with E-state index in [0.717, 1.165) is 38.8 Å². The van der Waals surface area contributed by atoms with Crippen molar-refractivity contribution in [3.8, 4) is 0 Å². The first-order valence-electron chi connectivity index (χ1n) is 7.86. The van der Waals surface area contributed by atoms with E-state index < -0.39 is 6.16 Å². The van der Waals surface area contributed by atoms with Crippen molar-refractivity contribution in [1.29, 1.82) is 0 Å². The van der Waals surface area contributed by atoms with Gasteiger partial charge in [0.25, 0.3) is 0 Å². The van der Waals surface area contributed by atoms with E-state index >= 15 is 0 Å². The molecular formula is C15H29NO3. The van der Waals surface area contributed by atoms with Gasteiger partial charge in [0.05, 0.1) is 0 Å². The van der Waals surface area contributed by atoms with Crippen molar-refractivity contribution >= 4 is 6.16 Å². The topological polar surface area (TPSA) is 38.8 Å². The Morgan fingerprint density at radius 1 is 1.11 bits per heavy atom. The summed E-state index contributed by atoms with van der Waals surface area (Å²) >= 11 is 0. The third-order valence-corrected chi connectivity index (χ3v) is 3.53. The second kappa shape index (κ2) is 10.1. The smallest absolute Gasteiger partial charge is 0.430 e. The van der Waals surface area contributed by atoms with Crippen LogP contribution < -0.4 is 0 Å². The highest BCUT2D eigenvalue weighted by molar-refractivity contribution is 5.59. The van der Waals surface area contributed by atoms with Gasteiger partial charge in [0, 0.05) is 13.1 Å². The Labute approximate surface area is 117 Å². The minimum atomic E-state index is -0.541. The Hall–Kier alpha value is -0.770. The quantitative estimate of drug-likeness (QED) is 0.463. The van der Waals surface area contributed by atoms with E-state index in [0.29, 0.717) is 0 Å². The van der Waals surface area contributed by atoms with E-state index in [2.05, 4.69) is 6.92 Å². The predicted molar refractivity (Wildman–Crippen MR) is 75.8 cm³/mol. The molecule has 0 aliphatic carbocycles. The molecule has 0 N–H and O–H groups in total. The first-order valence-corrected chi connectivity index (χ1v) is 7.86. The lowest BCUT2D eigenvalue weighted by Crippen LogP contribution is -2.26. The summed E-state index contributed by atoms with van der Waals surface area (Å²) in [5.74, 6) is 0. The fraction of sp³-hybridized carbons (Fsp3) is 0.933. The van der Waals surface area contributed by atoms with E-state index in [1.807, 2.05) is 6.92 Å². The Morgan fingerprint density at radius 3 is 2.42 bits per heavy atom. The maximum absolute atomic E-state index is 11.5. The van der Waals surface area contributed by atoms with Gasteiger partial charge in [-0.3, -0.25) is 0 Å². The third-order valence-electron chi connectivity index (χ3n) is 3.53. The molecule has 1 heterocycles. The van der Waals surface area contributed by atoms with Crippen molar-refractivity contribution in [2.24, 2.45) is 0 Å². The summed E-state index contributed by atoms with van der Waals surface area (Å²) in [6.45, 7) is 5.83. The van der Waals surface area contributed by atoms with E-state index in [-0.39, 0.29) is 6.10 Å². The summed E-state index contributed by atoms with van der Waals surface area (Å²) in [4.78, 5) is 16.6. The van der Waals surface area contributed by atoms with Gasteiger partial charge in [0.1, 0.15) is 6.10 Å². The number of hydrogen-bond acceptors (Lipinski definition) is 4. The van der Waals surface area contributed by atoms with Gasteiger partial charge in [0.2, 0.25) is 0 Å². The van der Waals surface area contributed by atoms with Gasteiger partial charge in [-0.05, 0) is 32.6 Å². The first kappa shape index (κ1) is 16.3. The van der Waals surface area contributed by atoms with Gasteiger partial charge in [-0.1, -0.05) is 39.0 Å². The van der Waals surface area contributed by atoms with Crippen LogP contribution in [0, 0.1) is 0 Å². The number of rotatable bonds is 9. The van der Waals surface area contributed by atoms with Crippen LogP contribution in [0.1, 0.15) is 71.6 Å². The number of ether oxygens (including phenoxy) is 1. The molecule has 1 aliphatic rings. The zero-order valence-electron chi connectivity index (χ0n) is 12.5. The standard InChI is InChI=1S/C15H29NO3/c1-3-4-5-6-7-8-11-14(2)18-15(17)19-16-12-9-10-13-16/h14H,3-13H2,1-2H3. The highest BCUT2D eigenvalue weighted by Gasteiger charge is 2.18. The van der Waals surface area contributed by atoms with Crippen LogP contribution in [-0.2, 0) is 9.57 Å². The van der Waals surface area contributed by atoms with Crippen LogP contribution in [0.5, 0.6) is 0 Å². The fourth-order valence-electron chi connectivity index (χ4n) is 2.34. The third kappa shape index (κ3) is 8.09. The fourth-order valence-corrected chi connectivity index (χ4v) is 2.34. The van der Waals surface area contributed by atoms with Crippen molar-refractivity contribution < 1.29 is 14.4 Å².